The number of nitrogens with zero attached hydrogens (tertiary/aromatic N) is 1. The third-order valence-corrected chi connectivity index (χ3v) is 3.95. The van der Waals surface area contributed by atoms with Crippen LogP contribution in [0.5, 0.6) is 0 Å². The second-order valence-electron chi connectivity index (χ2n) is 5.36. The van der Waals surface area contributed by atoms with Crippen molar-refractivity contribution in [3.05, 3.63) is 0 Å². The molecule has 1 heterocycles. The number of ether oxygens (including phenoxy) is 1. The zero-order valence-electron chi connectivity index (χ0n) is 10.5. The molecule has 1 saturated carbocycles. The fourth-order valence-corrected chi connectivity index (χ4v) is 2.91. The van der Waals surface area contributed by atoms with Crippen LogP contribution in [0.3, 0.4) is 0 Å². The van der Waals surface area contributed by atoms with E-state index in [0.717, 1.165) is 32.3 Å². The summed E-state index contributed by atoms with van der Waals surface area (Å²) in [7, 11) is 1.74. The van der Waals surface area contributed by atoms with Gasteiger partial charge in [0.1, 0.15) is 0 Å². The molecule has 2 unspecified atom stereocenters. The molecule has 0 spiro atoms. The van der Waals surface area contributed by atoms with Gasteiger partial charge in [-0.15, -0.1) is 0 Å². The van der Waals surface area contributed by atoms with Crippen LogP contribution in [-0.4, -0.2) is 55.9 Å². The lowest BCUT2D eigenvalue weighted by Gasteiger charge is -2.29. The van der Waals surface area contributed by atoms with Crippen molar-refractivity contribution < 1.29 is 4.74 Å². The largest absolute Gasteiger partial charge is 0.383 e. The first kappa shape index (κ1) is 12.3. The van der Waals surface area contributed by atoms with Crippen LogP contribution in [0.25, 0.3) is 0 Å². The summed E-state index contributed by atoms with van der Waals surface area (Å²) >= 11 is 0. The highest BCUT2D eigenvalue weighted by atomic mass is 16.5. The normalized spacial score (nSPS) is 35.8. The Balaban J connectivity index is 1.89. The average molecular weight is 227 g/mol. The van der Waals surface area contributed by atoms with E-state index in [9.17, 15) is 0 Å². The molecule has 3 N–H and O–H groups in total. The Bertz CT molecular complexity index is 232. The van der Waals surface area contributed by atoms with E-state index in [-0.39, 0.29) is 5.54 Å². The number of nitrogens with two attached hydrogens (primary N) is 1. The van der Waals surface area contributed by atoms with E-state index in [4.69, 9.17) is 10.5 Å². The standard InChI is InChI=1S/C12H25N3O/c1-10-7-12(8-13,14-5-6-16-2)9-15(10)11-3-4-11/h10-11,14H,3-9,13H2,1-2H3. The molecule has 0 radical (unpaired) electrons. The van der Waals surface area contributed by atoms with E-state index < -0.39 is 0 Å². The molecule has 4 heteroatoms. The average Bonchev–Trinajstić information content (AvgIpc) is 3.05. The topological polar surface area (TPSA) is 50.5 Å². The van der Waals surface area contributed by atoms with Gasteiger partial charge in [0, 0.05) is 44.4 Å². The lowest BCUT2D eigenvalue weighted by Crippen LogP contribution is -2.54. The summed E-state index contributed by atoms with van der Waals surface area (Å²) in [6, 6.07) is 1.51. The van der Waals surface area contributed by atoms with Gasteiger partial charge in [-0.05, 0) is 26.2 Å². The predicted octanol–water partition coefficient (Wildman–Crippen LogP) is 0.177. The van der Waals surface area contributed by atoms with E-state index in [1.807, 2.05) is 0 Å². The highest BCUT2D eigenvalue weighted by Gasteiger charge is 2.45. The lowest BCUT2D eigenvalue weighted by atomic mass is 9.96. The zero-order chi connectivity index (χ0) is 11.6. The molecule has 1 saturated heterocycles. The van der Waals surface area contributed by atoms with Crippen molar-refractivity contribution in [1.82, 2.24) is 10.2 Å². The summed E-state index contributed by atoms with van der Waals surface area (Å²) in [4.78, 5) is 2.63. The molecule has 2 fully saturated rings. The number of likely N-dealkylation sites (tertiary alicyclic amines) is 1. The number of nitrogens with one attached hydrogen (secondary N) is 1. The van der Waals surface area contributed by atoms with Crippen LogP contribution in [0.15, 0.2) is 0 Å². The van der Waals surface area contributed by atoms with Gasteiger partial charge in [0.2, 0.25) is 0 Å². The zero-order valence-corrected chi connectivity index (χ0v) is 10.5. The molecule has 4 nitrogen and oxygen atoms in total. The lowest BCUT2D eigenvalue weighted by molar-refractivity contribution is 0.182. The molecule has 0 aromatic carbocycles. The molecule has 2 rings (SSSR count). The molecule has 1 aliphatic heterocycles. The van der Waals surface area contributed by atoms with Crippen molar-refractivity contribution in [1.29, 1.82) is 0 Å². The molecular weight excluding hydrogens is 202 g/mol. The highest BCUT2D eigenvalue weighted by molar-refractivity contribution is 5.05. The van der Waals surface area contributed by atoms with E-state index in [0.29, 0.717) is 6.04 Å². The van der Waals surface area contributed by atoms with E-state index in [1.54, 1.807) is 7.11 Å². The molecule has 0 aromatic heterocycles. The van der Waals surface area contributed by atoms with Gasteiger partial charge in [-0.3, -0.25) is 4.90 Å². The van der Waals surface area contributed by atoms with Gasteiger partial charge in [-0.25, -0.2) is 0 Å². The van der Waals surface area contributed by atoms with Crippen molar-refractivity contribution in [2.45, 2.75) is 43.8 Å². The minimum Gasteiger partial charge on any atom is -0.383 e. The number of hydrogen-bond donors (Lipinski definition) is 2. The Hall–Kier alpha value is -0.160. The summed E-state index contributed by atoms with van der Waals surface area (Å²) in [5.41, 5.74) is 6.09. The summed E-state index contributed by atoms with van der Waals surface area (Å²) in [5, 5.41) is 3.60. The molecule has 0 aromatic rings. The molecule has 2 aliphatic rings. The van der Waals surface area contributed by atoms with Gasteiger partial charge in [0.05, 0.1) is 6.61 Å². The third kappa shape index (κ3) is 2.56. The molecule has 1 aliphatic carbocycles. The third-order valence-electron chi connectivity index (χ3n) is 3.95. The second-order valence-corrected chi connectivity index (χ2v) is 5.36. The first-order valence-electron chi connectivity index (χ1n) is 6.40. The summed E-state index contributed by atoms with van der Waals surface area (Å²) in [6.45, 7) is 5.83. The van der Waals surface area contributed by atoms with Gasteiger partial charge >= 0.3 is 0 Å². The monoisotopic (exact) mass is 227 g/mol. The first-order chi connectivity index (χ1) is 7.71. The van der Waals surface area contributed by atoms with Crippen molar-refractivity contribution in [3.63, 3.8) is 0 Å². The Morgan fingerprint density at radius 3 is 2.81 bits per heavy atom. The first-order valence-corrected chi connectivity index (χ1v) is 6.40. The van der Waals surface area contributed by atoms with Crippen LogP contribution in [0.4, 0.5) is 0 Å². The fraction of sp³-hybridized carbons (Fsp3) is 1.00. The smallest absolute Gasteiger partial charge is 0.0587 e. The van der Waals surface area contributed by atoms with Gasteiger partial charge in [0.15, 0.2) is 0 Å². The van der Waals surface area contributed by atoms with Gasteiger partial charge in [0.25, 0.3) is 0 Å². The highest BCUT2D eigenvalue weighted by Crippen LogP contribution is 2.36. The second kappa shape index (κ2) is 5.00. The van der Waals surface area contributed by atoms with Crippen molar-refractivity contribution >= 4 is 0 Å². The van der Waals surface area contributed by atoms with E-state index >= 15 is 0 Å². The Labute approximate surface area is 98.5 Å². The summed E-state index contributed by atoms with van der Waals surface area (Å²) in [6.07, 6.45) is 3.93. The van der Waals surface area contributed by atoms with E-state index in [2.05, 4.69) is 17.1 Å². The van der Waals surface area contributed by atoms with Crippen LogP contribution in [0, 0.1) is 0 Å². The molecule has 0 bridgehead atoms. The molecule has 94 valence electrons. The quantitative estimate of drug-likeness (QED) is 0.636. The maximum absolute atomic E-state index is 5.97. The molecule has 0 amide bonds. The van der Waals surface area contributed by atoms with Gasteiger partial charge in [-0.1, -0.05) is 0 Å². The van der Waals surface area contributed by atoms with Crippen LogP contribution in [-0.2, 0) is 4.74 Å². The van der Waals surface area contributed by atoms with Crippen molar-refractivity contribution in [3.8, 4) is 0 Å². The number of methoxy groups -OCH3 is 1. The maximum atomic E-state index is 5.97. The minimum absolute atomic E-state index is 0.126. The van der Waals surface area contributed by atoms with Crippen LogP contribution >= 0.6 is 0 Å². The molecular formula is C12H25N3O. The summed E-state index contributed by atoms with van der Waals surface area (Å²) < 4.78 is 5.09. The molecule has 2 atom stereocenters. The fourth-order valence-electron chi connectivity index (χ4n) is 2.91. The predicted molar refractivity (Wildman–Crippen MR) is 65.5 cm³/mol. The minimum atomic E-state index is 0.126. The molecule has 16 heavy (non-hydrogen) atoms. The van der Waals surface area contributed by atoms with Crippen molar-refractivity contribution in [2.24, 2.45) is 5.73 Å². The van der Waals surface area contributed by atoms with Crippen LogP contribution < -0.4 is 11.1 Å². The Morgan fingerprint density at radius 1 is 1.50 bits per heavy atom. The number of rotatable bonds is 6. The Kier molecular flexibility index (Phi) is 3.85. The van der Waals surface area contributed by atoms with Crippen molar-refractivity contribution in [2.75, 3.05) is 33.4 Å². The van der Waals surface area contributed by atoms with Crippen LogP contribution in [0.2, 0.25) is 0 Å². The Morgan fingerprint density at radius 2 is 2.25 bits per heavy atom. The van der Waals surface area contributed by atoms with E-state index in [1.165, 1.54) is 19.3 Å². The SMILES string of the molecule is COCCNC1(CN)CC(C)N(C2CC2)C1. The maximum Gasteiger partial charge on any atom is 0.0587 e. The van der Waals surface area contributed by atoms with Gasteiger partial charge in [-0.2, -0.15) is 0 Å². The van der Waals surface area contributed by atoms with Gasteiger partial charge < -0.3 is 15.8 Å². The van der Waals surface area contributed by atoms with Crippen LogP contribution in [0.1, 0.15) is 26.2 Å². The summed E-state index contributed by atoms with van der Waals surface area (Å²) in [5.74, 6) is 0. The number of hydrogen-bond acceptors (Lipinski definition) is 4.